The average Bonchev–Trinajstić information content (AvgIpc) is 3.24. The number of benzene rings is 2. The van der Waals surface area contributed by atoms with Crippen molar-refractivity contribution >= 4 is 44.4 Å². The fraction of sp³-hybridized carbons (Fsp3) is 0.417. The number of halogens is 1. The van der Waals surface area contributed by atoms with E-state index < -0.39 is 0 Å². The van der Waals surface area contributed by atoms with E-state index in [1.807, 2.05) is 11.0 Å². The standard InChI is InChI=1S/C24H28FN3O2S2/c1-2-18-3-8-21-22(17-18)32-24(26-21)28(11-10-27-12-14-30-15-13-27)23(29)9-16-31-20-6-4-19(25)5-7-20/h3-8,17H,2,9-16H2,1H3. The number of ether oxygens (including phenoxy) is 1. The topological polar surface area (TPSA) is 45.7 Å². The minimum atomic E-state index is -0.248. The number of aromatic nitrogens is 1. The molecule has 1 saturated heterocycles. The third kappa shape index (κ3) is 6.07. The first-order valence-corrected chi connectivity index (χ1v) is 12.8. The monoisotopic (exact) mass is 473 g/mol. The Morgan fingerprint density at radius 1 is 1.22 bits per heavy atom. The van der Waals surface area contributed by atoms with Gasteiger partial charge in [0.2, 0.25) is 5.91 Å². The predicted octanol–water partition coefficient (Wildman–Crippen LogP) is 4.85. The van der Waals surface area contributed by atoms with E-state index in [1.165, 1.54) is 17.7 Å². The molecule has 0 spiro atoms. The van der Waals surface area contributed by atoms with E-state index in [-0.39, 0.29) is 11.7 Å². The van der Waals surface area contributed by atoms with Crippen molar-refractivity contribution in [3.05, 3.63) is 53.8 Å². The molecule has 0 atom stereocenters. The molecule has 1 aromatic heterocycles. The van der Waals surface area contributed by atoms with Crippen LogP contribution in [-0.2, 0) is 16.0 Å². The number of fused-ring (bicyclic) bond motifs is 1. The number of amides is 1. The first kappa shape index (κ1) is 23.2. The lowest BCUT2D eigenvalue weighted by Crippen LogP contribution is -2.43. The van der Waals surface area contributed by atoms with Crippen LogP contribution in [0.4, 0.5) is 9.52 Å². The van der Waals surface area contributed by atoms with E-state index >= 15 is 0 Å². The van der Waals surface area contributed by atoms with Crippen LogP contribution < -0.4 is 4.90 Å². The second-order valence-electron chi connectivity index (χ2n) is 7.70. The summed E-state index contributed by atoms with van der Waals surface area (Å²) < 4.78 is 19.7. The van der Waals surface area contributed by atoms with Gasteiger partial charge in [-0.2, -0.15) is 0 Å². The van der Waals surface area contributed by atoms with Gasteiger partial charge >= 0.3 is 0 Å². The number of aryl methyl sites for hydroxylation is 1. The maximum Gasteiger partial charge on any atom is 0.229 e. The molecule has 0 N–H and O–H groups in total. The zero-order valence-corrected chi connectivity index (χ0v) is 19.9. The Kier molecular flexibility index (Phi) is 8.13. The Balaban J connectivity index is 1.45. The molecule has 8 heteroatoms. The Bertz CT molecular complexity index is 1040. The van der Waals surface area contributed by atoms with Gasteiger partial charge in [-0.05, 0) is 48.4 Å². The highest BCUT2D eigenvalue weighted by molar-refractivity contribution is 7.99. The molecular formula is C24H28FN3O2S2. The van der Waals surface area contributed by atoms with Crippen molar-refractivity contribution in [2.45, 2.75) is 24.7 Å². The number of thiazole rings is 1. The van der Waals surface area contributed by atoms with Gasteiger partial charge in [-0.25, -0.2) is 9.37 Å². The highest BCUT2D eigenvalue weighted by Crippen LogP contribution is 2.30. The van der Waals surface area contributed by atoms with Crippen LogP contribution in [0.2, 0.25) is 0 Å². The van der Waals surface area contributed by atoms with E-state index in [1.54, 1.807) is 35.2 Å². The van der Waals surface area contributed by atoms with E-state index in [2.05, 4.69) is 24.0 Å². The lowest BCUT2D eigenvalue weighted by atomic mass is 10.2. The Hall–Kier alpha value is -2.00. The summed E-state index contributed by atoms with van der Waals surface area (Å²) in [7, 11) is 0. The molecule has 3 aromatic rings. The number of carbonyl (C=O) groups excluding carboxylic acids is 1. The fourth-order valence-electron chi connectivity index (χ4n) is 3.61. The molecule has 5 nitrogen and oxygen atoms in total. The highest BCUT2D eigenvalue weighted by atomic mass is 32.2. The normalized spacial score (nSPS) is 14.7. The number of rotatable bonds is 9. The Labute approximate surface area is 196 Å². The number of anilines is 1. The van der Waals surface area contributed by atoms with Gasteiger partial charge in [-0.3, -0.25) is 14.6 Å². The summed E-state index contributed by atoms with van der Waals surface area (Å²) in [5.41, 5.74) is 2.21. The number of morpholine rings is 1. The van der Waals surface area contributed by atoms with Gasteiger partial charge in [0.15, 0.2) is 5.13 Å². The van der Waals surface area contributed by atoms with Gasteiger partial charge in [0.1, 0.15) is 5.82 Å². The molecule has 0 radical (unpaired) electrons. The van der Waals surface area contributed by atoms with Gasteiger partial charge in [0.05, 0.1) is 23.4 Å². The largest absolute Gasteiger partial charge is 0.379 e. The summed E-state index contributed by atoms with van der Waals surface area (Å²) in [6.45, 7) is 6.81. The zero-order valence-electron chi connectivity index (χ0n) is 18.3. The summed E-state index contributed by atoms with van der Waals surface area (Å²) in [5, 5.41) is 0.762. The molecule has 4 rings (SSSR count). The third-order valence-electron chi connectivity index (χ3n) is 5.52. The maximum atomic E-state index is 13.2. The summed E-state index contributed by atoms with van der Waals surface area (Å²) >= 11 is 3.15. The van der Waals surface area contributed by atoms with E-state index in [9.17, 15) is 9.18 Å². The maximum absolute atomic E-state index is 13.2. The second kappa shape index (κ2) is 11.2. The van der Waals surface area contributed by atoms with Gasteiger partial charge in [0, 0.05) is 43.2 Å². The molecule has 0 unspecified atom stereocenters. The van der Waals surface area contributed by atoms with Gasteiger partial charge in [-0.15, -0.1) is 11.8 Å². The zero-order chi connectivity index (χ0) is 22.3. The van der Waals surface area contributed by atoms with Gasteiger partial charge in [-0.1, -0.05) is 24.3 Å². The molecule has 32 heavy (non-hydrogen) atoms. The van der Waals surface area contributed by atoms with Crippen molar-refractivity contribution in [1.29, 1.82) is 0 Å². The van der Waals surface area contributed by atoms with Crippen molar-refractivity contribution in [2.24, 2.45) is 0 Å². The molecule has 1 amide bonds. The number of carbonyl (C=O) groups is 1. The Morgan fingerprint density at radius 2 is 2.00 bits per heavy atom. The summed E-state index contributed by atoms with van der Waals surface area (Å²) in [6, 6.07) is 12.7. The first-order chi connectivity index (χ1) is 15.6. The van der Waals surface area contributed by atoms with E-state index in [0.717, 1.165) is 59.5 Å². The van der Waals surface area contributed by atoms with Crippen LogP contribution in [0.5, 0.6) is 0 Å². The summed E-state index contributed by atoms with van der Waals surface area (Å²) in [6.07, 6.45) is 1.38. The van der Waals surface area contributed by atoms with Crippen LogP contribution in [0.15, 0.2) is 47.4 Å². The van der Waals surface area contributed by atoms with Crippen LogP contribution in [0.1, 0.15) is 18.9 Å². The van der Waals surface area contributed by atoms with Crippen LogP contribution in [0, 0.1) is 5.82 Å². The quantitative estimate of drug-likeness (QED) is 0.416. The SMILES string of the molecule is CCc1ccc2nc(N(CCN3CCOCC3)C(=O)CCSc3ccc(F)cc3)sc2c1. The molecule has 1 fully saturated rings. The van der Waals surface area contributed by atoms with E-state index in [4.69, 9.17) is 9.72 Å². The smallest absolute Gasteiger partial charge is 0.229 e. The van der Waals surface area contributed by atoms with Crippen molar-refractivity contribution in [2.75, 3.05) is 50.0 Å². The lowest BCUT2D eigenvalue weighted by molar-refractivity contribution is -0.118. The van der Waals surface area contributed by atoms with Crippen LogP contribution >= 0.6 is 23.1 Å². The van der Waals surface area contributed by atoms with Crippen molar-refractivity contribution in [1.82, 2.24) is 9.88 Å². The van der Waals surface area contributed by atoms with E-state index in [0.29, 0.717) is 18.7 Å². The molecule has 2 heterocycles. The minimum absolute atomic E-state index is 0.0719. The molecule has 1 aliphatic rings. The molecule has 2 aromatic carbocycles. The van der Waals surface area contributed by atoms with Crippen LogP contribution in [0.3, 0.4) is 0 Å². The Morgan fingerprint density at radius 3 is 2.75 bits per heavy atom. The predicted molar refractivity (Wildman–Crippen MR) is 130 cm³/mol. The van der Waals surface area contributed by atoms with Crippen LogP contribution in [-0.4, -0.2) is 60.9 Å². The number of nitrogens with zero attached hydrogens (tertiary/aromatic N) is 3. The molecule has 0 saturated carbocycles. The molecular weight excluding hydrogens is 445 g/mol. The molecule has 1 aliphatic heterocycles. The van der Waals surface area contributed by atoms with Crippen LogP contribution in [0.25, 0.3) is 10.2 Å². The van der Waals surface area contributed by atoms with Crippen molar-refractivity contribution < 1.29 is 13.9 Å². The lowest BCUT2D eigenvalue weighted by Gasteiger charge is -2.29. The number of hydrogen-bond donors (Lipinski definition) is 0. The number of hydrogen-bond acceptors (Lipinski definition) is 6. The van der Waals surface area contributed by atoms with Gasteiger partial charge < -0.3 is 4.74 Å². The highest BCUT2D eigenvalue weighted by Gasteiger charge is 2.21. The molecule has 0 bridgehead atoms. The molecule has 0 aliphatic carbocycles. The van der Waals surface area contributed by atoms with Crippen molar-refractivity contribution in [3.8, 4) is 0 Å². The summed E-state index contributed by atoms with van der Waals surface area (Å²) in [4.78, 5) is 23.2. The average molecular weight is 474 g/mol. The molecule has 170 valence electrons. The third-order valence-corrected chi connectivity index (χ3v) is 7.58. The fourth-order valence-corrected chi connectivity index (χ4v) is 5.52. The number of thioether (sulfide) groups is 1. The van der Waals surface area contributed by atoms with Gasteiger partial charge in [0.25, 0.3) is 0 Å². The summed E-state index contributed by atoms with van der Waals surface area (Å²) in [5.74, 6) is 0.466. The van der Waals surface area contributed by atoms with Crippen molar-refractivity contribution in [3.63, 3.8) is 0 Å². The first-order valence-electron chi connectivity index (χ1n) is 11.0. The minimum Gasteiger partial charge on any atom is -0.379 e. The second-order valence-corrected chi connectivity index (χ2v) is 9.88.